The number of hydrogen-bond acceptors (Lipinski definition) is 6. The van der Waals surface area contributed by atoms with Crippen molar-refractivity contribution in [3.05, 3.63) is 22.4 Å². The molecule has 102 valence electrons. The summed E-state index contributed by atoms with van der Waals surface area (Å²) in [5.74, 6) is 0. The molecule has 2 aromatic heterocycles. The maximum Gasteiger partial charge on any atom is 0.233 e. The first-order chi connectivity index (χ1) is 9.08. The third-order valence-corrected chi connectivity index (χ3v) is 4.23. The molecule has 0 unspecified atom stereocenters. The van der Waals surface area contributed by atoms with Gasteiger partial charge in [0.15, 0.2) is 0 Å². The van der Waals surface area contributed by atoms with Gasteiger partial charge in [-0.1, -0.05) is 17.4 Å². The maximum atomic E-state index is 4.37. The Morgan fingerprint density at radius 3 is 2.53 bits per heavy atom. The van der Waals surface area contributed by atoms with Crippen LogP contribution in [0.4, 0.5) is 10.3 Å². The molecule has 2 aromatic rings. The first-order valence-electron chi connectivity index (χ1n) is 6.27. The van der Waals surface area contributed by atoms with E-state index in [0.29, 0.717) is 17.2 Å². The summed E-state index contributed by atoms with van der Waals surface area (Å²) in [5, 5.41) is 12.0. The van der Waals surface area contributed by atoms with Gasteiger partial charge in [-0.3, -0.25) is 0 Å². The molecule has 0 atom stereocenters. The summed E-state index contributed by atoms with van der Waals surface area (Å²) < 4.78 is 0. The Labute approximate surface area is 121 Å². The summed E-state index contributed by atoms with van der Waals surface area (Å²) in [6, 6.07) is 4.85. The summed E-state index contributed by atoms with van der Waals surface area (Å²) in [5.41, 5.74) is 0. The van der Waals surface area contributed by atoms with E-state index in [9.17, 15) is 0 Å². The molecule has 19 heavy (non-hydrogen) atoms. The van der Waals surface area contributed by atoms with Crippen molar-refractivity contribution in [1.29, 1.82) is 0 Å². The molecule has 0 bridgehead atoms. The van der Waals surface area contributed by atoms with Crippen LogP contribution in [-0.2, 0) is 0 Å². The summed E-state index contributed by atoms with van der Waals surface area (Å²) in [4.78, 5) is 7.75. The molecule has 0 aliphatic heterocycles. The number of aromatic nitrogens is 2. The van der Waals surface area contributed by atoms with Gasteiger partial charge in [0.1, 0.15) is 0 Å². The quantitative estimate of drug-likeness (QED) is 0.783. The third kappa shape index (κ3) is 3.61. The maximum absolute atomic E-state index is 4.37. The molecule has 0 aliphatic rings. The van der Waals surface area contributed by atoms with Crippen molar-refractivity contribution in [2.45, 2.75) is 39.8 Å². The Bertz CT molecular complexity index is 521. The zero-order valence-corrected chi connectivity index (χ0v) is 13.2. The highest BCUT2D eigenvalue weighted by molar-refractivity contribution is 7.18. The minimum absolute atomic E-state index is 0.405. The average Bonchev–Trinajstić information content (AvgIpc) is 2.95. The Balaban J connectivity index is 2.14. The van der Waals surface area contributed by atoms with Crippen molar-refractivity contribution >= 4 is 39.2 Å². The zero-order chi connectivity index (χ0) is 13.8. The molecule has 0 saturated heterocycles. The first kappa shape index (κ1) is 14.1. The van der Waals surface area contributed by atoms with Crippen molar-refractivity contribution in [1.82, 2.24) is 10.2 Å². The van der Waals surface area contributed by atoms with E-state index in [1.165, 1.54) is 11.3 Å². The Hall–Kier alpha value is -1.27. The van der Waals surface area contributed by atoms with Crippen molar-refractivity contribution in [2.24, 2.45) is 4.99 Å². The summed E-state index contributed by atoms with van der Waals surface area (Å²) in [6.07, 6.45) is 1.84. The SMILES string of the molecule is CC(C)N(c1nnc(/N=C/c2cccs2)s1)C(C)C. The van der Waals surface area contributed by atoms with Crippen molar-refractivity contribution in [3.63, 3.8) is 0 Å². The van der Waals surface area contributed by atoms with Crippen LogP contribution in [0.15, 0.2) is 22.5 Å². The lowest BCUT2D eigenvalue weighted by molar-refractivity contribution is 0.603. The standard InChI is InChI=1S/C13H18N4S2/c1-9(2)17(10(3)4)13-16-15-12(19-13)14-8-11-6-5-7-18-11/h5-10H,1-4H3/b14-8+. The van der Waals surface area contributed by atoms with Crippen LogP contribution >= 0.6 is 22.7 Å². The Morgan fingerprint density at radius 2 is 1.95 bits per heavy atom. The molecule has 2 rings (SSSR count). The minimum atomic E-state index is 0.405. The van der Waals surface area contributed by atoms with Gasteiger partial charge in [0.05, 0.1) is 0 Å². The molecule has 0 aromatic carbocycles. The van der Waals surface area contributed by atoms with Gasteiger partial charge in [-0.15, -0.1) is 21.5 Å². The Morgan fingerprint density at radius 1 is 1.21 bits per heavy atom. The van der Waals surface area contributed by atoms with Crippen LogP contribution in [0.5, 0.6) is 0 Å². The van der Waals surface area contributed by atoms with E-state index in [2.05, 4.69) is 47.8 Å². The zero-order valence-electron chi connectivity index (χ0n) is 11.6. The number of hydrogen-bond donors (Lipinski definition) is 0. The lowest BCUT2D eigenvalue weighted by atomic mass is 10.2. The second-order valence-corrected chi connectivity index (χ2v) is 6.65. The summed E-state index contributed by atoms with van der Waals surface area (Å²) >= 11 is 3.19. The smallest absolute Gasteiger partial charge is 0.233 e. The second-order valence-electron chi connectivity index (χ2n) is 4.74. The van der Waals surface area contributed by atoms with E-state index >= 15 is 0 Å². The van der Waals surface area contributed by atoms with E-state index in [-0.39, 0.29) is 0 Å². The predicted molar refractivity (Wildman–Crippen MR) is 84.2 cm³/mol. The number of thiophene rings is 1. The van der Waals surface area contributed by atoms with Crippen molar-refractivity contribution < 1.29 is 0 Å². The van der Waals surface area contributed by atoms with Crippen molar-refractivity contribution in [2.75, 3.05) is 4.90 Å². The summed E-state index contributed by atoms with van der Waals surface area (Å²) in [7, 11) is 0. The average molecular weight is 294 g/mol. The van der Waals surface area contributed by atoms with E-state index in [0.717, 1.165) is 10.0 Å². The molecule has 4 nitrogen and oxygen atoms in total. The van der Waals surface area contributed by atoms with E-state index < -0.39 is 0 Å². The molecule has 0 N–H and O–H groups in total. The van der Waals surface area contributed by atoms with Crippen LogP contribution in [0.1, 0.15) is 32.6 Å². The molecule has 0 amide bonds. The molecular formula is C13H18N4S2. The Kier molecular flexibility index (Phi) is 4.66. The van der Waals surface area contributed by atoms with Crippen LogP contribution in [0.25, 0.3) is 0 Å². The molecule has 0 spiro atoms. The molecule has 6 heteroatoms. The van der Waals surface area contributed by atoms with Crippen molar-refractivity contribution in [3.8, 4) is 0 Å². The normalized spacial score (nSPS) is 11.9. The van der Waals surface area contributed by atoms with Crippen LogP contribution in [0.3, 0.4) is 0 Å². The van der Waals surface area contributed by atoms with Gasteiger partial charge in [-0.2, -0.15) is 0 Å². The van der Waals surface area contributed by atoms with E-state index in [1.807, 2.05) is 23.7 Å². The number of aliphatic imine (C=N–C) groups is 1. The molecule has 2 heterocycles. The van der Waals surface area contributed by atoms with Gasteiger partial charge >= 0.3 is 0 Å². The molecule has 0 saturated carbocycles. The number of rotatable bonds is 5. The van der Waals surface area contributed by atoms with Gasteiger partial charge in [-0.05, 0) is 39.1 Å². The highest BCUT2D eigenvalue weighted by Gasteiger charge is 2.18. The van der Waals surface area contributed by atoms with Gasteiger partial charge in [0.2, 0.25) is 10.3 Å². The first-order valence-corrected chi connectivity index (χ1v) is 7.97. The topological polar surface area (TPSA) is 41.4 Å². The van der Waals surface area contributed by atoms with Gasteiger partial charge in [0, 0.05) is 23.2 Å². The van der Waals surface area contributed by atoms with Crippen LogP contribution < -0.4 is 4.90 Å². The molecule has 0 aliphatic carbocycles. The fraction of sp³-hybridized carbons (Fsp3) is 0.462. The van der Waals surface area contributed by atoms with Crippen LogP contribution in [0.2, 0.25) is 0 Å². The fourth-order valence-electron chi connectivity index (χ4n) is 1.89. The van der Waals surface area contributed by atoms with Gasteiger partial charge in [-0.25, -0.2) is 4.99 Å². The lowest BCUT2D eigenvalue weighted by Gasteiger charge is -2.29. The highest BCUT2D eigenvalue weighted by Crippen LogP contribution is 2.29. The van der Waals surface area contributed by atoms with Gasteiger partial charge in [0.25, 0.3) is 0 Å². The number of nitrogens with zero attached hydrogens (tertiary/aromatic N) is 4. The predicted octanol–water partition coefficient (Wildman–Crippen LogP) is 3.97. The van der Waals surface area contributed by atoms with Gasteiger partial charge < -0.3 is 4.90 Å². The fourth-order valence-corrected chi connectivity index (χ4v) is 3.43. The van der Waals surface area contributed by atoms with E-state index in [4.69, 9.17) is 0 Å². The molecule has 0 fully saturated rings. The van der Waals surface area contributed by atoms with Crippen LogP contribution in [0, 0.1) is 0 Å². The monoisotopic (exact) mass is 294 g/mol. The third-order valence-electron chi connectivity index (χ3n) is 2.58. The van der Waals surface area contributed by atoms with E-state index in [1.54, 1.807) is 11.3 Å². The molecule has 0 radical (unpaired) electrons. The van der Waals surface area contributed by atoms with Crippen LogP contribution in [-0.4, -0.2) is 28.5 Å². The largest absolute Gasteiger partial charge is 0.342 e. The second kappa shape index (κ2) is 6.25. The minimum Gasteiger partial charge on any atom is -0.342 e. The number of anilines is 1. The summed E-state index contributed by atoms with van der Waals surface area (Å²) in [6.45, 7) is 8.65. The lowest BCUT2D eigenvalue weighted by Crippen LogP contribution is -2.36. The molecular weight excluding hydrogens is 276 g/mol. The highest BCUT2D eigenvalue weighted by atomic mass is 32.1.